The SMILES string of the molecule is CN1C[C@@H]2CC[C@H](C1)N(C(=O)Cc1cccc(C(F)(F)F)c1)C2. The molecule has 0 radical (unpaired) electrons. The van der Waals surface area contributed by atoms with Crippen LogP contribution in [0.1, 0.15) is 24.0 Å². The number of nitrogens with zero attached hydrogens (tertiary/aromatic N) is 2. The predicted octanol–water partition coefficient (Wildman–Crippen LogP) is 2.80. The molecular weight excluding hydrogens is 305 g/mol. The number of benzene rings is 1. The summed E-state index contributed by atoms with van der Waals surface area (Å²) in [4.78, 5) is 16.7. The summed E-state index contributed by atoms with van der Waals surface area (Å²) < 4.78 is 38.3. The number of piperidine rings is 1. The number of fused-ring (bicyclic) bond motifs is 4. The molecule has 0 N–H and O–H groups in total. The van der Waals surface area contributed by atoms with Gasteiger partial charge in [0, 0.05) is 25.7 Å². The molecule has 0 unspecified atom stereocenters. The molecule has 1 aromatic rings. The Hall–Kier alpha value is -1.56. The van der Waals surface area contributed by atoms with Gasteiger partial charge in [0.2, 0.25) is 5.91 Å². The van der Waals surface area contributed by atoms with Gasteiger partial charge in [0.1, 0.15) is 0 Å². The Morgan fingerprint density at radius 2 is 2.00 bits per heavy atom. The molecule has 1 amide bonds. The molecule has 23 heavy (non-hydrogen) atoms. The highest BCUT2D eigenvalue weighted by atomic mass is 19.4. The molecule has 0 aromatic heterocycles. The summed E-state index contributed by atoms with van der Waals surface area (Å²) >= 11 is 0. The van der Waals surface area contributed by atoms with E-state index in [1.165, 1.54) is 6.07 Å². The summed E-state index contributed by atoms with van der Waals surface area (Å²) in [6, 6.07) is 5.28. The fourth-order valence-electron chi connectivity index (χ4n) is 3.76. The first-order valence-corrected chi connectivity index (χ1v) is 7.97. The van der Waals surface area contributed by atoms with Gasteiger partial charge in [-0.15, -0.1) is 0 Å². The van der Waals surface area contributed by atoms with E-state index >= 15 is 0 Å². The fourth-order valence-corrected chi connectivity index (χ4v) is 3.76. The average Bonchev–Trinajstić information content (AvgIpc) is 2.75. The molecule has 126 valence electrons. The quantitative estimate of drug-likeness (QED) is 0.834. The zero-order valence-electron chi connectivity index (χ0n) is 13.1. The predicted molar refractivity (Wildman–Crippen MR) is 80.9 cm³/mol. The third-order valence-corrected chi connectivity index (χ3v) is 4.83. The molecule has 3 fully saturated rings. The van der Waals surface area contributed by atoms with Gasteiger partial charge in [0.15, 0.2) is 0 Å². The topological polar surface area (TPSA) is 23.6 Å². The second kappa shape index (κ2) is 6.15. The lowest BCUT2D eigenvalue weighted by atomic mass is 9.94. The summed E-state index contributed by atoms with van der Waals surface area (Å²) in [6.07, 6.45) is -2.22. The number of likely N-dealkylation sites (N-methyl/N-ethyl adjacent to an activating group) is 1. The van der Waals surface area contributed by atoms with Gasteiger partial charge in [-0.1, -0.05) is 18.2 Å². The standard InChI is InChI=1S/C17H21F3N2O/c1-21-9-13-5-6-15(11-21)22(10-13)16(23)8-12-3-2-4-14(7-12)17(18,19)20/h2-4,7,13,15H,5-6,8-11H2,1H3/t13-,15+/m0/s1. The van der Waals surface area contributed by atoms with Crippen molar-refractivity contribution in [3.8, 4) is 0 Å². The highest BCUT2D eigenvalue weighted by Crippen LogP contribution is 2.31. The summed E-state index contributed by atoms with van der Waals surface area (Å²) in [5.41, 5.74) is -0.266. The molecule has 2 bridgehead atoms. The summed E-state index contributed by atoms with van der Waals surface area (Å²) in [6.45, 7) is 2.57. The maximum Gasteiger partial charge on any atom is 0.416 e. The lowest BCUT2D eigenvalue weighted by molar-refractivity contribution is -0.138. The number of alkyl halides is 3. The maximum absolute atomic E-state index is 12.8. The number of hydrogen-bond acceptors (Lipinski definition) is 2. The molecule has 1 aromatic carbocycles. The Balaban J connectivity index is 1.72. The smallest absolute Gasteiger partial charge is 0.338 e. The molecule has 3 aliphatic rings. The first-order valence-electron chi connectivity index (χ1n) is 7.97. The Labute approximate surface area is 134 Å². The van der Waals surface area contributed by atoms with E-state index in [0.717, 1.165) is 44.6 Å². The molecule has 3 heterocycles. The van der Waals surface area contributed by atoms with Gasteiger partial charge in [-0.25, -0.2) is 0 Å². The van der Waals surface area contributed by atoms with Crippen LogP contribution in [0.3, 0.4) is 0 Å². The molecular formula is C17H21F3N2O. The Kier molecular flexibility index (Phi) is 4.36. The maximum atomic E-state index is 12.8. The van der Waals surface area contributed by atoms with E-state index in [4.69, 9.17) is 0 Å². The molecule has 6 heteroatoms. The van der Waals surface area contributed by atoms with Crippen molar-refractivity contribution in [2.24, 2.45) is 5.92 Å². The van der Waals surface area contributed by atoms with E-state index in [1.807, 2.05) is 4.90 Å². The highest BCUT2D eigenvalue weighted by molar-refractivity contribution is 5.79. The largest absolute Gasteiger partial charge is 0.416 e. The average molecular weight is 326 g/mol. The van der Waals surface area contributed by atoms with E-state index < -0.39 is 11.7 Å². The minimum atomic E-state index is -4.37. The van der Waals surface area contributed by atoms with Crippen LogP contribution in [0, 0.1) is 5.92 Å². The van der Waals surface area contributed by atoms with E-state index in [9.17, 15) is 18.0 Å². The summed E-state index contributed by atoms with van der Waals surface area (Å²) in [7, 11) is 2.06. The monoisotopic (exact) mass is 326 g/mol. The Bertz CT molecular complexity index is 587. The van der Waals surface area contributed by atoms with Gasteiger partial charge in [-0.05, 0) is 37.4 Å². The van der Waals surface area contributed by atoms with Crippen LogP contribution in [0.25, 0.3) is 0 Å². The summed E-state index contributed by atoms with van der Waals surface area (Å²) in [5, 5.41) is 0. The van der Waals surface area contributed by atoms with Crippen molar-refractivity contribution in [1.29, 1.82) is 0 Å². The van der Waals surface area contributed by atoms with Crippen molar-refractivity contribution in [3.05, 3.63) is 35.4 Å². The van der Waals surface area contributed by atoms with Crippen molar-refractivity contribution in [2.45, 2.75) is 31.5 Å². The zero-order chi connectivity index (χ0) is 16.6. The molecule has 0 spiro atoms. The van der Waals surface area contributed by atoms with Gasteiger partial charge < -0.3 is 9.80 Å². The number of carbonyl (C=O) groups excluding carboxylic acids is 1. The van der Waals surface area contributed by atoms with Gasteiger partial charge in [-0.3, -0.25) is 4.79 Å². The number of hydrogen-bond donors (Lipinski definition) is 0. The van der Waals surface area contributed by atoms with Crippen molar-refractivity contribution in [3.63, 3.8) is 0 Å². The van der Waals surface area contributed by atoms with E-state index in [1.54, 1.807) is 6.07 Å². The molecule has 3 nitrogen and oxygen atoms in total. The Morgan fingerprint density at radius 1 is 1.22 bits per heavy atom. The van der Waals surface area contributed by atoms with Crippen LogP contribution in [0.4, 0.5) is 13.2 Å². The van der Waals surface area contributed by atoms with Crippen LogP contribution in [0.15, 0.2) is 24.3 Å². The van der Waals surface area contributed by atoms with Crippen LogP contribution in [-0.4, -0.2) is 48.4 Å². The lowest BCUT2D eigenvalue weighted by Gasteiger charge is -2.36. The third-order valence-electron chi connectivity index (χ3n) is 4.83. The van der Waals surface area contributed by atoms with Gasteiger partial charge in [-0.2, -0.15) is 13.2 Å². The van der Waals surface area contributed by atoms with Gasteiger partial charge >= 0.3 is 6.18 Å². The van der Waals surface area contributed by atoms with E-state index in [-0.39, 0.29) is 18.4 Å². The highest BCUT2D eigenvalue weighted by Gasteiger charge is 2.36. The summed E-state index contributed by atoms with van der Waals surface area (Å²) in [5.74, 6) is 0.415. The number of halogens is 3. The molecule has 0 saturated carbocycles. The first-order chi connectivity index (χ1) is 10.8. The molecule has 3 aliphatic heterocycles. The lowest BCUT2D eigenvalue weighted by Crippen LogP contribution is -2.47. The number of rotatable bonds is 2. The normalized spacial score (nSPS) is 25.5. The second-order valence-electron chi connectivity index (χ2n) is 6.74. The van der Waals surface area contributed by atoms with Crippen LogP contribution < -0.4 is 0 Å². The van der Waals surface area contributed by atoms with E-state index in [2.05, 4.69) is 11.9 Å². The molecule has 4 rings (SSSR count). The van der Waals surface area contributed by atoms with Crippen molar-refractivity contribution >= 4 is 5.91 Å². The van der Waals surface area contributed by atoms with Gasteiger partial charge in [0.05, 0.1) is 12.0 Å². The zero-order valence-corrected chi connectivity index (χ0v) is 13.1. The number of amides is 1. The van der Waals surface area contributed by atoms with Crippen LogP contribution in [0.2, 0.25) is 0 Å². The molecule has 0 aliphatic carbocycles. The third kappa shape index (κ3) is 3.68. The van der Waals surface area contributed by atoms with Crippen LogP contribution in [0.5, 0.6) is 0 Å². The minimum absolute atomic E-state index is 0.0385. The van der Waals surface area contributed by atoms with Gasteiger partial charge in [0.25, 0.3) is 0 Å². The van der Waals surface area contributed by atoms with Crippen molar-refractivity contribution in [2.75, 3.05) is 26.7 Å². The van der Waals surface area contributed by atoms with Crippen molar-refractivity contribution in [1.82, 2.24) is 9.80 Å². The molecule has 3 saturated heterocycles. The Morgan fingerprint density at radius 3 is 2.74 bits per heavy atom. The minimum Gasteiger partial charge on any atom is -0.338 e. The fraction of sp³-hybridized carbons (Fsp3) is 0.588. The van der Waals surface area contributed by atoms with E-state index in [0.29, 0.717) is 11.5 Å². The van der Waals surface area contributed by atoms with Crippen LogP contribution >= 0.6 is 0 Å². The number of carbonyl (C=O) groups is 1. The van der Waals surface area contributed by atoms with Crippen molar-refractivity contribution < 1.29 is 18.0 Å². The second-order valence-corrected chi connectivity index (χ2v) is 6.74. The molecule has 2 atom stereocenters. The first kappa shape index (κ1) is 16.3. The van der Waals surface area contributed by atoms with Crippen LogP contribution in [-0.2, 0) is 17.4 Å².